The Morgan fingerprint density at radius 3 is 2.62 bits per heavy atom. The first-order chi connectivity index (χ1) is 6.36. The van der Waals surface area contributed by atoms with Crippen LogP contribution >= 0.6 is 12.2 Å². The smallest absolute Gasteiger partial charge is 0.0739 e. The van der Waals surface area contributed by atoms with Crippen LogP contribution in [-0.2, 0) is 6.54 Å². The minimum Gasteiger partial charge on any atom is -0.195 e. The molecule has 0 radical (unpaired) electrons. The van der Waals surface area contributed by atoms with Crippen LogP contribution in [0.25, 0.3) is 10.4 Å². The average Bonchev–Trinajstić information content (AvgIpc) is 2.17. The number of isothiocyanates is 1. The van der Waals surface area contributed by atoms with Gasteiger partial charge in [-0.1, -0.05) is 17.2 Å². The molecule has 0 unspecified atom stereocenters. The maximum atomic E-state index is 8.08. The van der Waals surface area contributed by atoms with Crippen molar-refractivity contribution in [1.29, 1.82) is 0 Å². The summed E-state index contributed by atoms with van der Waals surface area (Å²) in [6, 6.07) is 7.25. The predicted octanol–water partition coefficient (Wildman–Crippen LogP) is 3.23. The molecule has 0 heterocycles. The van der Waals surface area contributed by atoms with Crippen molar-refractivity contribution in [3.05, 3.63) is 40.3 Å². The van der Waals surface area contributed by atoms with Crippen molar-refractivity contribution in [2.45, 2.75) is 6.54 Å². The highest BCUT2D eigenvalue weighted by molar-refractivity contribution is 7.78. The van der Waals surface area contributed by atoms with Gasteiger partial charge in [-0.25, -0.2) is 0 Å². The Labute approximate surface area is 80.5 Å². The van der Waals surface area contributed by atoms with E-state index in [1.54, 1.807) is 12.1 Å². The van der Waals surface area contributed by atoms with Crippen LogP contribution in [0.3, 0.4) is 0 Å². The number of nitrogens with zero attached hydrogens (tertiary/aromatic N) is 4. The highest BCUT2D eigenvalue weighted by atomic mass is 32.1. The Morgan fingerprint density at radius 2 is 2.08 bits per heavy atom. The third kappa shape index (κ3) is 3.05. The molecule has 0 fully saturated rings. The van der Waals surface area contributed by atoms with Gasteiger partial charge in [-0.3, -0.25) is 0 Å². The molecule has 0 aliphatic rings. The van der Waals surface area contributed by atoms with E-state index in [0.717, 1.165) is 11.3 Å². The number of rotatable bonds is 3. The van der Waals surface area contributed by atoms with E-state index in [0.29, 0.717) is 6.54 Å². The van der Waals surface area contributed by atoms with E-state index in [9.17, 15) is 0 Å². The second kappa shape index (κ2) is 5.06. The summed E-state index contributed by atoms with van der Waals surface area (Å²) in [5.74, 6) is 0. The highest BCUT2D eigenvalue weighted by Gasteiger charge is 1.90. The summed E-state index contributed by atoms with van der Waals surface area (Å²) in [5.41, 5.74) is 9.78. The Bertz CT molecular complexity index is 372. The molecule has 1 aromatic rings. The minimum atomic E-state index is 0.359. The molecule has 0 saturated carbocycles. The fourth-order valence-corrected chi connectivity index (χ4v) is 0.947. The Balaban J connectivity index is 2.80. The van der Waals surface area contributed by atoms with Gasteiger partial charge in [0.05, 0.1) is 17.4 Å². The molecule has 0 saturated heterocycles. The average molecular weight is 190 g/mol. The lowest BCUT2D eigenvalue weighted by Crippen LogP contribution is -1.77. The van der Waals surface area contributed by atoms with Gasteiger partial charge >= 0.3 is 0 Å². The lowest BCUT2D eigenvalue weighted by Gasteiger charge is -1.94. The molecule has 0 amide bonds. The molecule has 0 aliphatic heterocycles. The Morgan fingerprint density at radius 1 is 1.38 bits per heavy atom. The van der Waals surface area contributed by atoms with Crippen LogP contribution in [-0.4, -0.2) is 5.16 Å². The summed E-state index contributed by atoms with van der Waals surface area (Å²) < 4.78 is 0. The van der Waals surface area contributed by atoms with E-state index in [-0.39, 0.29) is 0 Å². The van der Waals surface area contributed by atoms with Gasteiger partial charge in [0.25, 0.3) is 0 Å². The molecule has 0 N–H and O–H groups in total. The van der Waals surface area contributed by atoms with Gasteiger partial charge in [0.1, 0.15) is 0 Å². The van der Waals surface area contributed by atoms with Gasteiger partial charge in [-0.15, -0.1) is 0 Å². The molecule has 1 rings (SSSR count). The molecule has 5 heteroatoms. The third-order valence-electron chi connectivity index (χ3n) is 1.43. The Kier molecular flexibility index (Phi) is 3.67. The van der Waals surface area contributed by atoms with Crippen molar-refractivity contribution in [3.63, 3.8) is 0 Å². The van der Waals surface area contributed by atoms with Gasteiger partial charge < -0.3 is 0 Å². The molecular weight excluding hydrogens is 184 g/mol. The summed E-state index contributed by atoms with van der Waals surface area (Å²) in [7, 11) is 0. The van der Waals surface area contributed by atoms with Crippen molar-refractivity contribution in [3.8, 4) is 0 Å². The van der Waals surface area contributed by atoms with Crippen LogP contribution in [0.2, 0.25) is 0 Å². The van der Waals surface area contributed by atoms with Crippen molar-refractivity contribution in [1.82, 2.24) is 0 Å². The number of azide groups is 1. The molecule has 0 atom stereocenters. The fraction of sp³-hybridized carbons (Fsp3) is 0.125. The first-order valence-corrected chi connectivity index (χ1v) is 3.95. The quantitative estimate of drug-likeness (QED) is 0.237. The molecular formula is C8H6N4S. The fourth-order valence-electron chi connectivity index (χ4n) is 0.842. The van der Waals surface area contributed by atoms with Crippen LogP contribution in [0.4, 0.5) is 5.69 Å². The molecule has 64 valence electrons. The number of benzene rings is 1. The van der Waals surface area contributed by atoms with Crippen LogP contribution in [0, 0.1) is 0 Å². The topological polar surface area (TPSA) is 61.1 Å². The van der Waals surface area contributed by atoms with Crippen molar-refractivity contribution in [2.24, 2.45) is 10.1 Å². The van der Waals surface area contributed by atoms with Crippen LogP contribution in [0.1, 0.15) is 5.56 Å². The monoisotopic (exact) mass is 190 g/mol. The zero-order chi connectivity index (χ0) is 9.52. The van der Waals surface area contributed by atoms with E-state index in [1.807, 2.05) is 12.1 Å². The normalized spacial score (nSPS) is 8.31. The van der Waals surface area contributed by atoms with Crippen molar-refractivity contribution >= 4 is 23.1 Å². The van der Waals surface area contributed by atoms with Crippen LogP contribution in [0.15, 0.2) is 34.4 Å². The van der Waals surface area contributed by atoms with Crippen molar-refractivity contribution in [2.75, 3.05) is 0 Å². The SMILES string of the molecule is [N-]=[N+]=NCc1ccc(N=C=S)cc1. The molecule has 0 aliphatic carbocycles. The summed E-state index contributed by atoms with van der Waals surface area (Å²) in [6.07, 6.45) is 0. The summed E-state index contributed by atoms with van der Waals surface area (Å²) >= 11 is 4.45. The lowest BCUT2D eigenvalue weighted by atomic mass is 10.2. The van der Waals surface area contributed by atoms with E-state index < -0.39 is 0 Å². The summed E-state index contributed by atoms with van der Waals surface area (Å²) in [4.78, 5) is 6.45. The second-order valence-electron chi connectivity index (χ2n) is 2.26. The molecule has 1 aromatic carbocycles. The summed E-state index contributed by atoms with van der Waals surface area (Å²) in [5, 5.41) is 5.70. The second-order valence-corrected chi connectivity index (χ2v) is 2.44. The number of thiocarbonyl (C=S) groups is 1. The van der Waals surface area contributed by atoms with Crippen LogP contribution in [0.5, 0.6) is 0 Å². The molecule has 0 aromatic heterocycles. The first kappa shape index (κ1) is 9.42. The zero-order valence-electron chi connectivity index (χ0n) is 6.71. The van der Waals surface area contributed by atoms with Gasteiger partial charge in [0, 0.05) is 4.91 Å². The summed E-state index contributed by atoms with van der Waals surface area (Å²) in [6.45, 7) is 0.359. The number of hydrogen-bond donors (Lipinski definition) is 0. The van der Waals surface area contributed by atoms with Crippen LogP contribution < -0.4 is 0 Å². The van der Waals surface area contributed by atoms with E-state index >= 15 is 0 Å². The zero-order valence-corrected chi connectivity index (χ0v) is 7.53. The predicted molar refractivity (Wildman–Crippen MR) is 54.0 cm³/mol. The van der Waals surface area contributed by atoms with Gasteiger partial charge in [0.2, 0.25) is 0 Å². The first-order valence-electron chi connectivity index (χ1n) is 3.54. The third-order valence-corrected chi connectivity index (χ3v) is 1.52. The lowest BCUT2D eigenvalue weighted by molar-refractivity contribution is 1.05. The maximum absolute atomic E-state index is 8.08. The van der Waals surface area contributed by atoms with Gasteiger partial charge in [-0.2, -0.15) is 4.99 Å². The number of hydrogen-bond acceptors (Lipinski definition) is 3. The van der Waals surface area contributed by atoms with Crippen molar-refractivity contribution < 1.29 is 0 Å². The minimum absolute atomic E-state index is 0.359. The van der Waals surface area contributed by atoms with E-state index in [2.05, 4.69) is 32.4 Å². The largest absolute Gasteiger partial charge is 0.195 e. The van der Waals surface area contributed by atoms with E-state index in [4.69, 9.17) is 5.53 Å². The highest BCUT2D eigenvalue weighted by Crippen LogP contribution is 2.12. The Hall–Kier alpha value is -1.67. The van der Waals surface area contributed by atoms with Gasteiger partial charge in [-0.05, 0) is 35.4 Å². The van der Waals surface area contributed by atoms with E-state index in [1.165, 1.54) is 0 Å². The standard InChI is InChI=1S/C8H6N4S/c9-12-11-5-7-1-3-8(4-2-7)10-6-13/h1-4H,5H2. The maximum Gasteiger partial charge on any atom is 0.0739 e. The van der Waals surface area contributed by atoms with Gasteiger partial charge in [0.15, 0.2) is 0 Å². The molecule has 13 heavy (non-hydrogen) atoms. The molecule has 0 bridgehead atoms. The molecule has 0 spiro atoms. The molecule has 4 nitrogen and oxygen atoms in total. The number of aliphatic imine (C=N–C) groups is 1.